The van der Waals surface area contributed by atoms with Gasteiger partial charge in [-0.15, -0.1) is 22.6 Å². The summed E-state index contributed by atoms with van der Waals surface area (Å²) in [7, 11) is 0. The van der Waals surface area contributed by atoms with Crippen molar-refractivity contribution >= 4 is 23.9 Å². The Bertz CT molecular complexity index is 751. The summed E-state index contributed by atoms with van der Waals surface area (Å²) in [6.07, 6.45) is 3.66. The van der Waals surface area contributed by atoms with Gasteiger partial charge in [-0.3, -0.25) is 4.40 Å². The molecule has 3 aromatic rings. The first kappa shape index (κ1) is 14.7. The zero-order valence-corrected chi connectivity index (χ0v) is 12.8. The van der Waals surface area contributed by atoms with Gasteiger partial charge < -0.3 is 10.2 Å². The van der Waals surface area contributed by atoms with Crippen molar-refractivity contribution in [1.82, 2.24) is 24.9 Å². The predicted octanol–water partition coefficient (Wildman–Crippen LogP) is 1.62. The van der Waals surface area contributed by atoms with Crippen molar-refractivity contribution in [2.45, 2.75) is 0 Å². The van der Waals surface area contributed by atoms with Crippen LogP contribution in [0.5, 0.6) is 0 Å². The predicted molar refractivity (Wildman–Crippen MR) is 88.5 cm³/mol. The number of aromatic nitrogens is 4. The summed E-state index contributed by atoms with van der Waals surface area (Å²) in [4.78, 5) is 6.91. The lowest BCUT2D eigenvalue weighted by Crippen LogP contribution is -2.44. The van der Waals surface area contributed by atoms with Gasteiger partial charge in [-0.2, -0.15) is 0 Å². The van der Waals surface area contributed by atoms with Crippen molar-refractivity contribution in [3.05, 3.63) is 42.9 Å². The third-order valence-corrected chi connectivity index (χ3v) is 3.80. The van der Waals surface area contributed by atoms with Crippen molar-refractivity contribution in [2.24, 2.45) is 0 Å². The lowest BCUT2D eigenvalue weighted by atomic mass is 10.1. The average molecular weight is 317 g/mol. The highest BCUT2D eigenvalue weighted by Gasteiger charge is 2.18. The van der Waals surface area contributed by atoms with Gasteiger partial charge in [0, 0.05) is 31.7 Å². The van der Waals surface area contributed by atoms with Crippen LogP contribution in [0.2, 0.25) is 0 Å². The second kappa shape index (κ2) is 6.29. The normalized spacial score (nSPS) is 14.8. The Balaban J connectivity index is 0.00000144. The second-order valence-electron chi connectivity index (χ2n) is 5.09. The van der Waals surface area contributed by atoms with E-state index in [9.17, 15) is 0 Å². The van der Waals surface area contributed by atoms with Crippen LogP contribution in [0, 0.1) is 0 Å². The molecule has 3 heterocycles. The number of hydrogen-bond acceptors (Lipinski definition) is 5. The summed E-state index contributed by atoms with van der Waals surface area (Å²) in [6.45, 7) is 3.84. The van der Waals surface area contributed by atoms with Gasteiger partial charge in [0.15, 0.2) is 5.82 Å². The van der Waals surface area contributed by atoms with Crippen LogP contribution in [0.3, 0.4) is 0 Å². The van der Waals surface area contributed by atoms with Gasteiger partial charge in [-0.1, -0.05) is 30.3 Å². The molecule has 1 aliphatic heterocycles. The molecule has 114 valence electrons. The van der Waals surface area contributed by atoms with E-state index in [-0.39, 0.29) is 12.4 Å². The van der Waals surface area contributed by atoms with Crippen LogP contribution in [0.25, 0.3) is 16.9 Å². The van der Waals surface area contributed by atoms with Crippen LogP contribution in [-0.2, 0) is 0 Å². The van der Waals surface area contributed by atoms with Gasteiger partial charge in [0.1, 0.15) is 6.33 Å². The standard InChI is InChI=1S/C15H16N6.ClH/c1-2-4-12(5-3-1)13-10-17-14(15-19-18-11-21(13)15)20-8-6-16-7-9-20;/h1-5,10-11,16H,6-9H2;1H. The summed E-state index contributed by atoms with van der Waals surface area (Å²) >= 11 is 0. The summed E-state index contributed by atoms with van der Waals surface area (Å²) in [5, 5.41) is 11.7. The molecular formula is C15H17ClN6. The molecule has 0 aliphatic carbocycles. The third-order valence-electron chi connectivity index (χ3n) is 3.80. The van der Waals surface area contributed by atoms with E-state index in [1.165, 1.54) is 0 Å². The second-order valence-corrected chi connectivity index (χ2v) is 5.09. The van der Waals surface area contributed by atoms with Crippen LogP contribution >= 0.6 is 12.4 Å². The van der Waals surface area contributed by atoms with Crippen LogP contribution in [0.1, 0.15) is 0 Å². The van der Waals surface area contributed by atoms with Crippen LogP contribution in [0.4, 0.5) is 5.82 Å². The van der Waals surface area contributed by atoms with Gasteiger partial charge in [0.25, 0.3) is 0 Å². The Kier molecular flexibility index (Phi) is 4.22. The summed E-state index contributed by atoms with van der Waals surface area (Å²) in [5.74, 6) is 0.911. The maximum atomic E-state index is 4.65. The Hall–Kier alpha value is -2.18. The quantitative estimate of drug-likeness (QED) is 0.778. The zero-order chi connectivity index (χ0) is 14.1. The number of nitrogens with one attached hydrogen (secondary N) is 1. The highest BCUT2D eigenvalue weighted by molar-refractivity contribution is 5.85. The SMILES string of the molecule is Cl.c1ccc(-c2cnc(N3CCNCC3)c3nncn23)cc1. The van der Waals surface area contributed by atoms with E-state index < -0.39 is 0 Å². The van der Waals surface area contributed by atoms with E-state index in [0.717, 1.165) is 48.9 Å². The van der Waals surface area contributed by atoms with Crippen LogP contribution < -0.4 is 10.2 Å². The Morgan fingerprint density at radius 3 is 2.59 bits per heavy atom. The molecule has 7 heteroatoms. The Morgan fingerprint density at radius 1 is 1.05 bits per heavy atom. The zero-order valence-electron chi connectivity index (χ0n) is 12.0. The van der Waals surface area contributed by atoms with Gasteiger partial charge in [-0.25, -0.2) is 4.98 Å². The average Bonchev–Trinajstić information content (AvgIpc) is 3.05. The molecule has 0 unspecified atom stereocenters. The van der Waals surface area contributed by atoms with Gasteiger partial charge in [0.2, 0.25) is 5.65 Å². The molecule has 6 nitrogen and oxygen atoms in total. The van der Waals surface area contributed by atoms with Crippen molar-refractivity contribution in [3.8, 4) is 11.3 Å². The van der Waals surface area contributed by atoms with E-state index in [0.29, 0.717) is 0 Å². The molecule has 1 N–H and O–H groups in total. The smallest absolute Gasteiger partial charge is 0.204 e. The molecule has 0 radical (unpaired) electrons. The summed E-state index contributed by atoms with van der Waals surface area (Å²) in [5.41, 5.74) is 2.94. The number of benzene rings is 1. The van der Waals surface area contributed by atoms with Gasteiger partial charge in [0.05, 0.1) is 11.9 Å². The fourth-order valence-electron chi connectivity index (χ4n) is 2.73. The Morgan fingerprint density at radius 2 is 1.82 bits per heavy atom. The number of nitrogens with zero attached hydrogens (tertiary/aromatic N) is 5. The fraction of sp³-hybridized carbons (Fsp3) is 0.267. The monoisotopic (exact) mass is 316 g/mol. The molecule has 22 heavy (non-hydrogen) atoms. The summed E-state index contributed by atoms with van der Waals surface area (Å²) < 4.78 is 2.01. The fourth-order valence-corrected chi connectivity index (χ4v) is 2.73. The van der Waals surface area contributed by atoms with Crippen LogP contribution in [0.15, 0.2) is 42.9 Å². The number of fused-ring (bicyclic) bond motifs is 1. The molecule has 1 aliphatic rings. The molecule has 1 saturated heterocycles. The first-order valence-electron chi connectivity index (χ1n) is 7.13. The molecule has 0 amide bonds. The minimum atomic E-state index is 0. The Labute approximate surface area is 134 Å². The molecule has 0 saturated carbocycles. The van der Waals surface area contributed by atoms with Gasteiger partial charge >= 0.3 is 0 Å². The van der Waals surface area contributed by atoms with Gasteiger partial charge in [-0.05, 0) is 0 Å². The maximum absolute atomic E-state index is 4.65. The first-order valence-corrected chi connectivity index (χ1v) is 7.13. The molecule has 0 spiro atoms. The maximum Gasteiger partial charge on any atom is 0.204 e. The molecule has 0 bridgehead atoms. The molecule has 2 aromatic heterocycles. The van der Waals surface area contributed by atoms with Crippen molar-refractivity contribution in [1.29, 1.82) is 0 Å². The number of halogens is 1. The molecule has 4 rings (SSSR count). The number of rotatable bonds is 2. The van der Waals surface area contributed by atoms with E-state index in [1.54, 1.807) is 6.33 Å². The van der Waals surface area contributed by atoms with E-state index >= 15 is 0 Å². The summed E-state index contributed by atoms with van der Waals surface area (Å²) in [6, 6.07) is 10.2. The van der Waals surface area contributed by atoms with E-state index in [2.05, 4.69) is 37.5 Å². The lowest BCUT2D eigenvalue weighted by molar-refractivity contribution is 0.585. The number of piperazine rings is 1. The molecular weight excluding hydrogens is 300 g/mol. The largest absolute Gasteiger partial charge is 0.351 e. The highest BCUT2D eigenvalue weighted by Crippen LogP contribution is 2.24. The lowest BCUT2D eigenvalue weighted by Gasteiger charge is -2.28. The molecule has 0 atom stereocenters. The molecule has 1 fully saturated rings. The minimum Gasteiger partial charge on any atom is -0.351 e. The van der Waals surface area contributed by atoms with E-state index in [4.69, 9.17) is 0 Å². The first-order chi connectivity index (χ1) is 10.4. The number of anilines is 1. The van der Waals surface area contributed by atoms with Crippen molar-refractivity contribution in [2.75, 3.05) is 31.1 Å². The van der Waals surface area contributed by atoms with Crippen molar-refractivity contribution in [3.63, 3.8) is 0 Å². The van der Waals surface area contributed by atoms with E-state index in [1.807, 2.05) is 28.8 Å². The highest BCUT2D eigenvalue weighted by atomic mass is 35.5. The van der Waals surface area contributed by atoms with Crippen LogP contribution in [-0.4, -0.2) is 45.8 Å². The molecule has 1 aromatic carbocycles. The topological polar surface area (TPSA) is 58.4 Å². The number of hydrogen-bond donors (Lipinski definition) is 1. The van der Waals surface area contributed by atoms with Crippen molar-refractivity contribution < 1.29 is 0 Å². The minimum absolute atomic E-state index is 0. The third kappa shape index (κ3) is 2.51.